The van der Waals surface area contributed by atoms with Gasteiger partial charge >= 0.3 is 5.97 Å². The van der Waals surface area contributed by atoms with Crippen molar-refractivity contribution >= 4 is 22.6 Å². The van der Waals surface area contributed by atoms with E-state index in [2.05, 4.69) is 0 Å². The summed E-state index contributed by atoms with van der Waals surface area (Å²) in [6.07, 6.45) is 6.10. The number of anilines is 1. The van der Waals surface area contributed by atoms with Crippen LogP contribution in [0.15, 0.2) is 28.7 Å². The first-order valence-electron chi connectivity index (χ1n) is 7.18. The van der Waals surface area contributed by atoms with Crippen molar-refractivity contribution in [2.45, 2.75) is 32.1 Å². The zero-order valence-electron chi connectivity index (χ0n) is 11.4. The van der Waals surface area contributed by atoms with E-state index >= 15 is 0 Å². The summed E-state index contributed by atoms with van der Waals surface area (Å²) in [6, 6.07) is 7.00. The van der Waals surface area contributed by atoms with Crippen LogP contribution in [-0.2, 0) is 4.74 Å². The molecule has 1 heterocycles. The molecule has 1 aromatic carbocycles. The topological polar surface area (TPSA) is 65.5 Å². The summed E-state index contributed by atoms with van der Waals surface area (Å²) in [5, 5.41) is 0.828. The quantitative estimate of drug-likeness (QED) is 0.683. The van der Waals surface area contributed by atoms with E-state index in [1.165, 1.54) is 19.3 Å². The molecule has 3 rings (SSSR count). The van der Waals surface area contributed by atoms with Crippen molar-refractivity contribution in [3.8, 4) is 0 Å². The monoisotopic (exact) mass is 273 g/mol. The summed E-state index contributed by atoms with van der Waals surface area (Å²) in [4.78, 5) is 12.0. The first-order chi connectivity index (χ1) is 9.72. The SMILES string of the molecule is Nc1ccc2oc(C(=O)OCC3CCCCC3)cc2c1. The van der Waals surface area contributed by atoms with Crippen LogP contribution in [0.4, 0.5) is 5.69 Å². The second-order valence-electron chi connectivity index (χ2n) is 5.51. The van der Waals surface area contributed by atoms with Crippen molar-refractivity contribution in [2.75, 3.05) is 12.3 Å². The Balaban J connectivity index is 1.65. The zero-order chi connectivity index (χ0) is 13.9. The number of benzene rings is 1. The molecule has 0 aliphatic heterocycles. The van der Waals surface area contributed by atoms with Gasteiger partial charge in [0.25, 0.3) is 0 Å². The molecule has 1 aliphatic rings. The molecule has 1 fully saturated rings. The van der Waals surface area contributed by atoms with E-state index < -0.39 is 0 Å². The van der Waals surface area contributed by atoms with Crippen LogP contribution in [0.5, 0.6) is 0 Å². The third-order valence-electron chi connectivity index (χ3n) is 3.92. The smallest absolute Gasteiger partial charge is 0.374 e. The molecule has 0 saturated heterocycles. The first-order valence-corrected chi connectivity index (χ1v) is 7.18. The minimum absolute atomic E-state index is 0.251. The van der Waals surface area contributed by atoms with Gasteiger partial charge in [0.2, 0.25) is 5.76 Å². The molecule has 0 radical (unpaired) electrons. The number of hydrogen-bond donors (Lipinski definition) is 1. The third-order valence-corrected chi connectivity index (χ3v) is 3.92. The lowest BCUT2D eigenvalue weighted by Gasteiger charge is -2.20. The average Bonchev–Trinajstić information content (AvgIpc) is 2.89. The molecule has 20 heavy (non-hydrogen) atoms. The van der Waals surface area contributed by atoms with Crippen molar-refractivity contribution in [1.82, 2.24) is 0 Å². The van der Waals surface area contributed by atoms with E-state index in [9.17, 15) is 4.79 Å². The maximum absolute atomic E-state index is 12.0. The molecule has 0 unspecified atom stereocenters. The van der Waals surface area contributed by atoms with Gasteiger partial charge < -0.3 is 14.9 Å². The maximum Gasteiger partial charge on any atom is 0.374 e. The molecule has 0 bridgehead atoms. The molecule has 0 atom stereocenters. The Morgan fingerprint density at radius 3 is 2.85 bits per heavy atom. The average molecular weight is 273 g/mol. The number of nitrogen functional groups attached to an aromatic ring is 1. The largest absolute Gasteiger partial charge is 0.460 e. The summed E-state index contributed by atoms with van der Waals surface area (Å²) in [7, 11) is 0. The van der Waals surface area contributed by atoms with Gasteiger partial charge in [-0.15, -0.1) is 0 Å². The predicted molar refractivity (Wildman–Crippen MR) is 77.5 cm³/mol. The number of furan rings is 1. The number of fused-ring (bicyclic) bond motifs is 1. The summed E-state index contributed by atoms with van der Waals surface area (Å²) in [5.41, 5.74) is 7.02. The Labute approximate surface area is 117 Å². The lowest BCUT2D eigenvalue weighted by atomic mass is 9.90. The highest BCUT2D eigenvalue weighted by Crippen LogP contribution is 2.25. The third kappa shape index (κ3) is 2.79. The van der Waals surface area contributed by atoms with Gasteiger partial charge in [0.1, 0.15) is 5.58 Å². The molecule has 4 heteroatoms. The van der Waals surface area contributed by atoms with Crippen molar-refractivity contribution < 1.29 is 13.9 Å². The number of nitrogens with two attached hydrogens (primary N) is 1. The highest BCUT2D eigenvalue weighted by molar-refractivity contribution is 5.93. The Kier molecular flexibility index (Phi) is 3.63. The van der Waals surface area contributed by atoms with Crippen molar-refractivity contribution in [3.63, 3.8) is 0 Å². The zero-order valence-corrected chi connectivity index (χ0v) is 11.4. The minimum atomic E-state index is -0.384. The standard InChI is InChI=1S/C16H19NO3/c17-13-6-7-14-12(8-13)9-15(20-14)16(18)19-10-11-4-2-1-3-5-11/h6-9,11H,1-5,10,17H2. The van der Waals surface area contributed by atoms with Gasteiger partial charge in [0.15, 0.2) is 0 Å². The highest BCUT2D eigenvalue weighted by Gasteiger charge is 2.18. The molecule has 0 amide bonds. The number of carbonyl (C=O) groups is 1. The van der Waals surface area contributed by atoms with Crippen LogP contribution in [-0.4, -0.2) is 12.6 Å². The molecule has 1 aromatic heterocycles. The summed E-state index contributed by atoms with van der Waals surface area (Å²) < 4.78 is 10.9. The fraction of sp³-hybridized carbons (Fsp3) is 0.438. The Morgan fingerprint density at radius 1 is 1.25 bits per heavy atom. The van der Waals surface area contributed by atoms with Crippen molar-refractivity contribution in [3.05, 3.63) is 30.0 Å². The van der Waals surface area contributed by atoms with Crippen LogP contribution in [0.2, 0.25) is 0 Å². The van der Waals surface area contributed by atoms with Crippen LogP contribution in [0.1, 0.15) is 42.7 Å². The molecule has 2 N–H and O–H groups in total. The van der Waals surface area contributed by atoms with Gasteiger partial charge in [-0.05, 0) is 43.0 Å². The second kappa shape index (κ2) is 5.57. The normalized spacial score (nSPS) is 16.4. The predicted octanol–water partition coefficient (Wildman–Crippen LogP) is 3.75. The first kappa shape index (κ1) is 13.0. The van der Waals surface area contributed by atoms with Crippen LogP contribution in [0.25, 0.3) is 11.0 Å². The summed E-state index contributed by atoms with van der Waals surface area (Å²) in [5.74, 6) is 0.375. The fourth-order valence-electron chi connectivity index (χ4n) is 2.78. The number of rotatable bonds is 3. The molecule has 0 spiro atoms. The minimum Gasteiger partial charge on any atom is -0.460 e. The van der Waals surface area contributed by atoms with E-state index in [1.54, 1.807) is 24.3 Å². The second-order valence-corrected chi connectivity index (χ2v) is 5.51. The Bertz CT molecular complexity index is 611. The van der Waals surface area contributed by atoms with Gasteiger partial charge in [-0.1, -0.05) is 19.3 Å². The van der Waals surface area contributed by atoms with Crippen LogP contribution < -0.4 is 5.73 Å². The van der Waals surface area contributed by atoms with Crippen LogP contribution >= 0.6 is 0 Å². The lowest BCUT2D eigenvalue weighted by Crippen LogP contribution is -2.16. The van der Waals surface area contributed by atoms with E-state index in [0.29, 0.717) is 23.8 Å². The van der Waals surface area contributed by atoms with Gasteiger partial charge in [0, 0.05) is 11.1 Å². The molecule has 4 nitrogen and oxygen atoms in total. The lowest BCUT2D eigenvalue weighted by molar-refractivity contribution is 0.0377. The highest BCUT2D eigenvalue weighted by atomic mass is 16.5. The molecule has 1 saturated carbocycles. The van der Waals surface area contributed by atoms with E-state index in [1.807, 2.05) is 0 Å². The number of carbonyl (C=O) groups excluding carboxylic acids is 1. The summed E-state index contributed by atoms with van der Waals surface area (Å²) in [6.45, 7) is 0.498. The molecular formula is C16H19NO3. The Hall–Kier alpha value is -1.97. The van der Waals surface area contributed by atoms with E-state index in [4.69, 9.17) is 14.9 Å². The van der Waals surface area contributed by atoms with Gasteiger partial charge in [-0.2, -0.15) is 0 Å². The molecule has 1 aliphatic carbocycles. The number of esters is 1. The molecule has 2 aromatic rings. The summed E-state index contributed by atoms with van der Waals surface area (Å²) >= 11 is 0. The van der Waals surface area contributed by atoms with Crippen LogP contribution in [0.3, 0.4) is 0 Å². The van der Waals surface area contributed by atoms with E-state index in [-0.39, 0.29) is 11.7 Å². The number of ether oxygens (including phenoxy) is 1. The fourth-order valence-corrected chi connectivity index (χ4v) is 2.78. The van der Waals surface area contributed by atoms with Crippen molar-refractivity contribution in [1.29, 1.82) is 0 Å². The van der Waals surface area contributed by atoms with Crippen molar-refractivity contribution in [2.24, 2.45) is 5.92 Å². The van der Waals surface area contributed by atoms with Gasteiger partial charge in [-0.25, -0.2) is 4.79 Å². The van der Waals surface area contributed by atoms with Gasteiger partial charge in [0.05, 0.1) is 6.61 Å². The van der Waals surface area contributed by atoms with E-state index in [0.717, 1.165) is 18.2 Å². The maximum atomic E-state index is 12.0. The van der Waals surface area contributed by atoms with Gasteiger partial charge in [-0.3, -0.25) is 0 Å². The molecular weight excluding hydrogens is 254 g/mol. The van der Waals surface area contributed by atoms with Crippen LogP contribution in [0, 0.1) is 5.92 Å². The number of hydrogen-bond acceptors (Lipinski definition) is 4. The molecule has 106 valence electrons. The Morgan fingerprint density at radius 2 is 2.05 bits per heavy atom.